The van der Waals surface area contributed by atoms with Gasteiger partial charge in [0, 0.05) is 32.1 Å². The third kappa shape index (κ3) is 3.08. The predicted octanol–water partition coefficient (Wildman–Crippen LogP) is 2.27. The molecule has 4 rings (SSSR count). The maximum absolute atomic E-state index is 10.8. The normalized spacial score (nSPS) is 18.2. The second-order valence-electron chi connectivity index (χ2n) is 6.90. The molecule has 0 bridgehead atoms. The molecule has 126 valence electrons. The molecule has 2 heterocycles. The van der Waals surface area contributed by atoms with Crippen LogP contribution in [0.3, 0.4) is 0 Å². The lowest BCUT2D eigenvalue weighted by Gasteiger charge is -2.26. The van der Waals surface area contributed by atoms with Crippen LogP contribution in [-0.4, -0.2) is 38.3 Å². The summed E-state index contributed by atoms with van der Waals surface area (Å²) in [5.41, 5.74) is 5.11. The zero-order valence-electron chi connectivity index (χ0n) is 13.8. The molecule has 1 aliphatic heterocycles. The van der Waals surface area contributed by atoms with Crippen molar-refractivity contribution >= 4 is 5.97 Å². The summed E-state index contributed by atoms with van der Waals surface area (Å²) in [7, 11) is 0. The molecule has 24 heavy (non-hydrogen) atoms. The number of carboxylic acids is 1. The largest absolute Gasteiger partial charge is 0.481 e. The second kappa shape index (κ2) is 6.40. The zero-order chi connectivity index (χ0) is 16.5. The third-order valence-corrected chi connectivity index (χ3v) is 5.24. The molecule has 2 aromatic rings. The number of benzene rings is 1. The zero-order valence-corrected chi connectivity index (χ0v) is 13.8. The van der Waals surface area contributed by atoms with Crippen molar-refractivity contribution in [3.63, 3.8) is 0 Å². The molecule has 0 amide bonds. The average Bonchev–Trinajstić information content (AvgIpc) is 3.11. The summed E-state index contributed by atoms with van der Waals surface area (Å²) in [6.45, 7) is 2.95. The third-order valence-electron chi connectivity index (χ3n) is 5.24. The van der Waals surface area contributed by atoms with Gasteiger partial charge in [-0.2, -0.15) is 5.10 Å². The van der Waals surface area contributed by atoms with Crippen molar-refractivity contribution in [1.29, 1.82) is 0 Å². The highest BCUT2D eigenvalue weighted by molar-refractivity contribution is 5.66. The Balaban J connectivity index is 1.47. The molecule has 1 aliphatic carbocycles. The Bertz CT molecular complexity index is 728. The van der Waals surface area contributed by atoms with Gasteiger partial charge in [-0.3, -0.25) is 14.4 Å². The molecular weight excluding hydrogens is 302 g/mol. The molecule has 1 aromatic heterocycles. The quantitative estimate of drug-likeness (QED) is 0.937. The van der Waals surface area contributed by atoms with Crippen molar-refractivity contribution in [2.24, 2.45) is 0 Å². The first-order valence-corrected chi connectivity index (χ1v) is 8.77. The van der Waals surface area contributed by atoms with E-state index in [1.54, 1.807) is 0 Å². The number of rotatable bonds is 4. The molecule has 0 atom stereocenters. The van der Waals surface area contributed by atoms with Gasteiger partial charge in [0.15, 0.2) is 0 Å². The molecule has 0 spiro atoms. The number of hydrogen-bond donors (Lipinski definition) is 1. The van der Waals surface area contributed by atoms with Crippen LogP contribution in [0.1, 0.15) is 35.4 Å². The Hall–Kier alpha value is -2.14. The van der Waals surface area contributed by atoms with Crippen molar-refractivity contribution in [2.75, 3.05) is 6.54 Å². The van der Waals surface area contributed by atoms with Crippen LogP contribution in [0.25, 0.3) is 0 Å². The Labute approximate surface area is 141 Å². The number of aryl methyl sites for hydroxylation is 2. The number of aromatic nitrogens is 2. The molecule has 0 unspecified atom stereocenters. The Morgan fingerprint density at radius 2 is 1.96 bits per heavy atom. The van der Waals surface area contributed by atoms with E-state index in [1.807, 2.05) is 0 Å². The maximum Gasteiger partial charge on any atom is 0.303 e. The monoisotopic (exact) mass is 325 g/mol. The number of carbonyl (C=O) groups is 1. The molecule has 5 nitrogen and oxygen atoms in total. The Kier molecular flexibility index (Phi) is 4.10. The number of carboxylic acid groups (broad SMARTS) is 1. The number of aliphatic carboxylic acids is 1. The molecule has 5 heteroatoms. The van der Waals surface area contributed by atoms with Crippen LogP contribution >= 0.6 is 0 Å². The van der Waals surface area contributed by atoms with Crippen molar-refractivity contribution in [3.8, 4) is 0 Å². The lowest BCUT2D eigenvalue weighted by Crippen LogP contribution is -2.35. The smallest absolute Gasteiger partial charge is 0.303 e. The molecule has 0 radical (unpaired) electrons. The average molecular weight is 325 g/mol. The first-order valence-electron chi connectivity index (χ1n) is 8.77. The lowest BCUT2D eigenvalue weighted by molar-refractivity contribution is -0.136. The van der Waals surface area contributed by atoms with Gasteiger partial charge >= 0.3 is 5.97 Å². The fraction of sp³-hybridized carbons (Fsp3) is 0.474. The summed E-state index contributed by atoms with van der Waals surface area (Å²) in [6.07, 6.45) is 4.04. The first-order chi connectivity index (χ1) is 11.7. The van der Waals surface area contributed by atoms with Crippen LogP contribution in [0, 0.1) is 0 Å². The predicted molar refractivity (Wildman–Crippen MR) is 90.8 cm³/mol. The van der Waals surface area contributed by atoms with Crippen molar-refractivity contribution in [3.05, 3.63) is 52.8 Å². The second-order valence-corrected chi connectivity index (χ2v) is 6.90. The van der Waals surface area contributed by atoms with E-state index in [4.69, 9.17) is 5.11 Å². The molecule has 0 fully saturated rings. The summed E-state index contributed by atoms with van der Waals surface area (Å²) < 4.78 is 2.08. The SMILES string of the molecule is O=C(O)CCc1cc2n(n1)CCCN(C1Cc3ccccc3C1)C2. The van der Waals surface area contributed by atoms with Gasteiger partial charge in [0.2, 0.25) is 0 Å². The van der Waals surface area contributed by atoms with Gasteiger partial charge in [-0.25, -0.2) is 0 Å². The van der Waals surface area contributed by atoms with E-state index in [-0.39, 0.29) is 6.42 Å². The number of nitrogens with zero attached hydrogens (tertiary/aromatic N) is 3. The summed E-state index contributed by atoms with van der Waals surface area (Å²) in [4.78, 5) is 13.3. The highest BCUT2D eigenvalue weighted by atomic mass is 16.4. The van der Waals surface area contributed by atoms with E-state index < -0.39 is 5.97 Å². The fourth-order valence-corrected chi connectivity index (χ4v) is 4.01. The van der Waals surface area contributed by atoms with Crippen molar-refractivity contribution in [1.82, 2.24) is 14.7 Å². The molecule has 0 saturated carbocycles. The lowest BCUT2D eigenvalue weighted by atomic mass is 10.1. The van der Waals surface area contributed by atoms with E-state index in [0.717, 1.165) is 44.6 Å². The van der Waals surface area contributed by atoms with Crippen LogP contribution in [0.2, 0.25) is 0 Å². The highest BCUT2D eigenvalue weighted by Gasteiger charge is 2.28. The van der Waals surface area contributed by atoms with Gasteiger partial charge in [-0.15, -0.1) is 0 Å². The van der Waals surface area contributed by atoms with E-state index >= 15 is 0 Å². The van der Waals surface area contributed by atoms with Gasteiger partial charge in [0.1, 0.15) is 0 Å². The first kappa shape index (κ1) is 15.4. The minimum absolute atomic E-state index is 0.151. The van der Waals surface area contributed by atoms with Crippen molar-refractivity contribution < 1.29 is 9.90 Å². The molecular formula is C19H23N3O2. The van der Waals surface area contributed by atoms with Crippen LogP contribution in [0.5, 0.6) is 0 Å². The van der Waals surface area contributed by atoms with Gasteiger partial charge in [-0.1, -0.05) is 24.3 Å². The standard InChI is InChI=1S/C19H23N3O2/c23-19(24)7-6-16-12-18-13-21(8-3-9-22(18)20-16)17-10-14-4-1-2-5-15(14)11-17/h1-2,4-5,12,17H,3,6-11,13H2,(H,23,24). The molecule has 1 aromatic carbocycles. The van der Waals surface area contributed by atoms with E-state index in [2.05, 4.69) is 45.0 Å². The van der Waals surface area contributed by atoms with Gasteiger partial charge in [0.05, 0.1) is 17.8 Å². The number of fused-ring (bicyclic) bond motifs is 2. The van der Waals surface area contributed by atoms with Crippen LogP contribution < -0.4 is 0 Å². The summed E-state index contributed by atoms with van der Waals surface area (Å²) >= 11 is 0. The molecule has 0 saturated heterocycles. The fourth-order valence-electron chi connectivity index (χ4n) is 4.01. The summed E-state index contributed by atoms with van der Waals surface area (Å²) in [5.74, 6) is -0.761. The van der Waals surface area contributed by atoms with Crippen LogP contribution in [-0.2, 0) is 37.1 Å². The van der Waals surface area contributed by atoms with Crippen LogP contribution in [0.4, 0.5) is 0 Å². The van der Waals surface area contributed by atoms with Crippen molar-refractivity contribution in [2.45, 2.75) is 51.2 Å². The Morgan fingerprint density at radius 3 is 2.67 bits per heavy atom. The highest BCUT2D eigenvalue weighted by Crippen LogP contribution is 2.27. The van der Waals surface area contributed by atoms with Gasteiger partial charge in [0.25, 0.3) is 0 Å². The number of hydrogen-bond acceptors (Lipinski definition) is 3. The maximum atomic E-state index is 10.8. The van der Waals surface area contributed by atoms with Gasteiger partial charge < -0.3 is 5.11 Å². The summed E-state index contributed by atoms with van der Waals surface area (Å²) in [6, 6.07) is 11.4. The molecule has 1 N–H and O–H groups in total. The topological polar surface area (TPSA) is 58.4 Å². The Morgan fingerprint density at radius 1 is 1.21 bits per heavy atom. The van der Waals surface area contributed by atoms with Crippen LogP contribution in [0.15, 0.2) is 30.3 Å². The summed E-state index contributed by atoms with van der Waals surface area (Å²) in [5, 5.41) is 13.5. The molecule has 2 aliphatic rings. The van der Waals surface area contributed by atoms with E-state index in [9.17, 15) is 4.79 Å². The van der Waals surface area contributed by atoms with Gasteiger partial charge in [-0.05, 0) is 36.5 Å². The minimum Gasteiger partial charge on any atom is -0.481 e. The van der Waals surface area contributed by atoms with E-state index in [1.165, 1.54) is 16.8 Å². The van der Waals surface area contributed by atoms with E-state index in [0.29, 0.717) is 12.5 Å². The minimum atomic E-state index is -0.761.